The van der Waals surface area contributed by atoms with Crippen molar-refractivity contribution >= 4 is 21.8 Å². The quantitative estimate of drug-likeness (QED) is 0.819. The minimum Gasteiger partial charge on any atom is -0.484 e. The normalized spacial score (nSPS) is 14.1. The maximum atomic E-state index is 12.1. The Balaban J connectivity index is 1.55. The van der Waals surface area contributed by atoms with Gasteiger partial charge in [-0.05, 0) is 73.6 Å². The van der Waals surface area contributed by atoms with Crippen molar-refractivity contribution < 1.29 is 9.53 Å². The number of halogens is 1. The van der Waals surface area contributed by atoms with Crippen LogP contribution in [0.3, 0.4) is 0 Å². The Bertz CT molecular complexity index is 757. The van der Waals surface area contributed by atoms with Crippen LogP contribution in [0.5, 0.6) is 5.75 Å². The van der Waals surface area contributed by atoms with E-state index in [1.807, 2.05) is 32.0 Å². The zero-order valence-corrected chi connectivity index (χ0v) is 15.7. The monoisotopic (exact) mass is 387 g/mol. The first-order valence-electron chi connectivity index (χ1n) is 8.33. The van der Waals surface area contributed by atoms with Gasteiger partial charge in [0.05, 0.1) is 6.04 Å². The van der Waals surface area contributed by atoms with E-state index in [0.717, 1.165) is 22.0 Å². The molecule has 24 heavy (non-hydrogen) atoms. The van der Waals surface area contributed by atoms with Gasteiger partial charge in [-0.2, -0.15) is 0 Å². The lowest BCUT2D eigenvalue weighted by Crippen LogP contribution is -2.31. The fourth-order valence-electron chi connectivity index (χ4n) is 3.08. The summed E-state index contributed by atoms with van der Waals surface area (Å²) in [5.41, 5.74) is 5.12. The van der Waals surface area contributed by atoms with E-state index < -0.39 is 0 Å². The lowest BCUT2D eigenvalue weighted by Gasteiger charge is -2.16. The lowest BCUT2D eigenvalue weighted by atomic mass is 10.0. The van der Waals surface area contributed by atoms with E-state index in [1.54, 1.807) is 0 Å². The number of hydrogen-bond acceptors (Lipinski definition) is 2. The van der Waals surface area contributed by atoms with Crippen molar-refractivity contribution in [2.75, 3.05) is 6.61 Å². The molecule has 0 spiro atoms. The predicted octanol–water partition coefficient (Wildman–Crippen LogP) is 4.50. The Hall–Kier alpha value is -1.81. The van der Waals surface area contributed by atoms with E-state index in [9.17, 15) is 4.79 Å². The van der Waals surface area contributed by atoms with E-state index in [0.29, 0.717) is 5.75 Å². The third-order valence-corrected chi connectivity index (χ3v) is 5.39. The Morgan fingerprint density at radius 2 is 2.00 bits per heavy atom. The van der Waals surface area contributed by atoms with Crippen LogP contribution in [-0.2, 0) is 17.6 Å². The van der Waals surface area contributed by atoms with Crippen LogP contribution in [-0.4, -0.2) is 12.5 Å². The summed E-state index contributed by atoms with van der Waals surface area (Å²) < 4.78 is 6.61. The van der Waals surface area contributed by atoms with Crippen molar-refractivity contribution in [1.82, 2.24) is 5.32 Å². The molecule has 3 nitrogen and oxygen atoms in total. The summed E-state index contributed by atoms with van der Waals surface area (Å²) in [6.45, 7) is 4.03. The van der Waals surface area contributed by atoms with Crippen molar-refractivity contribution in [3.05, 3.63) is 63.1 Å². The first-order valence-corrected chi connectivity index (χ1v) is 9.12. The second-order valence-corrected chi connectivity index (χ2v) is 7.22. The van der Waals surface area contributed by atoms with Crippen molar-refractivity contribution in [3.63, 3.8) is 0 Å². The number of carbonyl (C=O) groups is 1. The second-order valence-electron chi connectivity index (χ2n) is 6.37. The molecular weight excluding hydrogens is 366 g/mol. The predicted molar refractivity (Wildman–Crippen MR) is 99.4 cm³/mol. The van der Waals surface area contributed by atoms with Crippen LogP contribution in [0.1, 0.15) is 41.6 Å². The molecule has 0 aromatic heterocycles. The topological polar surface area (TPSA) is 38.3 Å². The van der Waals surface area contributed by atoms with Gasteiger partial charge in [0.1, 0.15) is 5.75 Å². The van der Waals surface area contributed by atoms with Gasteiger partial charge in [0.25, 0.3) is 5.91 Å². The minimum atomic E-state index is -0.108. The van der Waals surface area contributed by atoms with Gasteiger partial charge in [0.2, 0.25) is 0 Å². The first kappa shape index (κ1) is 17.0. The van der Waals surface area contributed by atoms with Crippen LogP contribution in [0.4, 0.5) is 0 Å². The van der Waals surface area contributed by atoms with Crippen LogP contribution in [0.2, 0.25) is 0 Å². The molecule has 2 aromatic rings. The zero-order chi connectivity index (χ0) is 17.1. The van der Waals surface area contributed by atoms with E-state index in [1.165, 1.54) is 24.0 Å². The van der Waals surface area contributed by atoms with Crippen LogP contribution in [0.25, 0.3) is 0 Å². The Kier molecular flexibility index (Phi) is 5.24. The summed E-state index contributed by atoms with van der Waals surface area (Å²) in [5.74, 6) is 0.597. The highest BCUT2D eigenvalue weighted by Crippen LogP contribution is 2.25. The summed E-state index contributed by atoms with van der Waals surface area (Å²) in [5, 5.41) is 3.01. The summed E-state index contributed by atoms with van der Waals surface area (Å²) >= 11 is 3.45. The van der Waals surface area contributed by atoms with Crippen LogP contribution >= 0.6 is 15.9 Å². The molecule has 0 unspecified atom stereocenters. The standard InChI is InChI=1S/C20H22BrNO2/c1-13-10-18(8-9-19(13)21)24-12-20(23)22-14(2)16-7-6-15-4-3-5-17(15)11-16/h6-11,14H,3-5,12H2,1-2H3,(H,22,23)/t14-/m1/s1. The lowest BCUT2D eigenvalue weighted by molar-refractivity contribution is -0.123. The molecule has 0 bridgehead atoms. The number of fused-ring (bicyclic) bond motifs is 1. The summed E-state index contributed by atoms with van der Waals surface area (Å²) in [7, 11) is 0. The largest absolute Gasteiger partial charge is 0.484 e. The molecule has 0 saturated heterocycles. The van der Waals surface area contributed by atoms with Gasteiger partial charge in [-0.25, -0.2) is 0 Å². The van der Waals surface area contributed by atoms with E-state index in [4.69, 9.17) is 4.74 Å². The number of carbonyl (C=O) groups excluding carboxylic acids is 1. The highest BCUT2D eigenvalue weighted by molar-refractivity contribution is 9.10. The smallest absolute Gasteiger partial charge is 0.258 e. The van der Waals surface area contributed by atoms with Crippen LogP contribution in [0, 0.1) is 6.92 Å². The molecule has 1 aliphatic carbocycles. The molecule has 0 saturated carbocycles. The van der Waals surface area contributed by atoms with E-state index >= 15 is 0 Å². The fourth-order valence-corrected chi connectivity index (χ4v) is 3.33. The summed E-state index contributed by atoms with van der Waals surface area (Å²) in [4.78, 5) is 12.1. The number of amides is 1. The number of ether oxygens (including phenoxy) is 1. The SMILES string of the molecule is Cc1cc(OCC(=O)N[C@H](C)c2ccc3c(c2)CCC3)ccc1Br. The molecule has 1 N–H and O–H groups in total. The summed E-state index contributed by atoms with van der Waals surface area (Å²) in [6.07, 6.45) is 3.56. The first-order chi connectivity index (χ1) is 11.5. The molecule has 0 radical (unpaired) electrons. The molecule has 1 amide bonds. The average molecular weight is 388 g/mol. The van der Waals surface area contributed by atoms with E-state index in [-0.39, 0.29) is 18.6 Å². The fraction of sp³-hybridized carbons (Fsp3) is 0.350. The number of aryl methyl sites for hydroxylation is 3. The minimum absolute atomic E-state index is 0.0151. The number of benzene rings is 2. The number of nitrogens with one attached hydrogen (secondary N) is 1. The molecule has 126 valence electrons. The third-order valence-electron chi connectivity index (χ3n) is 4.50. The van der Waals surface area contributed by atoms with Gasteiger partial charge in [-0.15, -0.1) is 0 Å². The van der Waals surface area contributed by atoms with Gasteiger partial charge in [-0.1, -0.05) is 34.1 Å². The van der Waals surface area contributed by atoms with Gasteiger partial charge in [0.15, 0.2) is 6.61 Å². The molecule has 0 fully saturated rings. The van der Waals surface area contributed by atoms with Gasteiger partial charge < -0.3 is 10.1 Å². The average Bonchev–Trinajstić information content (AvgIpc) is 3.03. The van der Waals surface area contributed by atoms with Crippen LogP contribution in [0.15, 0.2) is 40.9 Å². The van der Waals surface area contributed by atoms with Crippen molar-refractivity contribution in [2.45, 2.75) is 39.2 Å². The van der Waals surface area contributed by atoms with Gasteiger partial charge in [0, 0.05) is 4.47 Å². The maximum absolute atomic E-state index is 12.1. The molecule has 4 heteroatoms. The van der Waals surface area contributed by atoms with E-state index in [2.05, 4.69) is 39.4 Å². The zero-order valence-electron chi connectivity index (χ0n) is 14.1. The highest BCUT2D eigenvalue weighted by atomic mass is 79.9. The highest BCUT2D eigenvalue weighted by Gasteiger charge is 2.15. The molecule has 3 rings (SSSR count). The van der Waals surface area contributed by atoms with Gasteiger partial charge >= 0.3 is 0 Å². The number of rotatable bonds is 5. The Labute approximate surface area is 151 Å². The van der Waals surface area contributed by atoms with Crippen molar-refractivity contribution in [3.8, 4) is 5.75 Å². The molecule has 0 heterocycles. The molecule has 1 atom stereocenters. The number of hydrogen-bond donors (Lipinski definition) is 1. The van der Waals surface area contributed by atoms with Crippen molar-refractivity contribution in [1.29, 1.82) is 0 Å². The Morgan fingerprint density at radius 3 is 2.79 bits per heavy atom. The molecule has 0 aliphatic heterocycles. The molecule has 1 aliphatic rings. The second kappa shape index (κ2) is 7.39. The van der Waals surface area contributed by atoms with Gasteiger partial charge in [-0.3, -0.25) is 4.79 Å². The Morgan fingerprint density at radius 1 is 1.21 bits per heavy atom. The molecular formula is C20H22BrNO2. The van der Waals surface area contributed by atoms with Crippen molar-refractivity contribution in [2.24, 2.45) is 0 Å². The maximum Gasteiger partial charge on any atom is 0.258 e. The molecule has 2 aromatic carbocycles. The third kappa shape index (κ3) is 3.99. The summed E-state index contributed by atoms with van der Waals surface area (Å²) in [6, 6.07) is 12.2. The van der Waals surface area contributed by atoms with Crippen LogP contribution < -0.4 is 10.1 Å².